The molecule has 0 aliphatic heterocycles. The summed E-state index contributed by atoms with van der Waals surface area (Å²) in [5.41, 5.74) is 3.68. The van der Waals surface area contributed by atoms with Crippen molar-refractivity contribution in [2.24, 2.45) is 0 Å². The number of benzene rings is 2. The number of nitrogens with zero attached hydrogens (tertiary/aromatic N) is 3. The zero-order valence-corrected chi connectivity index (χ0v) is 14.0. The first-order valence-corrected chi connectivity index (χ1v) is 8.59. The molecule has 0 fully saturated rings. The van der Waals surface area contributed by atoms with E-state index in [4.69, 9.17) is 0 Å². The highest BCUT2D eigenvalue weighted by Gasteiger charge is 2.04. The molecule has 5 heteroatoms. The lowest BCUT2D eigenvalue weighted by Gasteiger charge is -2.11. The third-order valence-electron chi connectivity index (χ3n) is 3.56. The zero-order chi connectivity index (χ0) is 15.9. The number of nitrogens with one attached hydrogen (secondary N) is 1. The van der Waals surface area contributed by atoms with Crippen molar-refractivity contribution in [2.45, 2.75) is 31.2 Å². The van der Waals surface area contributed by atoms with E-state index >= 15 is 0 Å². The van der Waals surface area contributed by atoms with Crippen LogP contribution in [0.1, 0.15) is 24.5 Å². The summed E-state index contributed by atoms with van der Waals surface area (Å²) in [5, 5.41) is 4.17. The molecule has 0 radical (unpaired) electrons. The molecule has 118 valence electrons. The second kappa shape index (κ2) is 7.83. The third-order valence-corrected chi connectivity index (χ3v) is 4.39. The Kier molecular flexibility index (Phi) is 5.32. The second-order valence-electron chi connectivity index (χ2n) is 5.35. The van der Waals surface area contributed by atoms with Crippen LogP contribution in [0.3, 0.4) is 0 Å². The maximum absolute atomic E-state index is 4.17. The summed E-state index contributed by atoms with van der Waals surface area (Å²) in [5.74, 6) is 0. The number of hydrogen-bond acceptors (Lipinski definition) is 4. The van der Waals surface area contributed by atoms with Gasteiger partial charge >= 0.3 is 0 Å². The number of anilines is 1. The maximum Gasteiger partial charge on any atom is 0.137 e. The number of hydrogen-bond donors (Lipinski definition) is 1. The monoisotopic (exact) mass is 324 g/mol. The fraction of sp³-hybridized carbons (Fsp3) is 0.222. The molecular formula is C18H20N4S. The SMILES string of the molecule is CCCc1ccc(SNc2ccccc2Cn2cncn2)cc1. The largest absolute Gasteiger partial charge is 0.325 e. The first kappa shape index (κ1) is 15.6. The lowest BCUT2D eigenvalue weighted by molar-refractivity contribution is 0.686. The highest BCUT2D eigenvalue weighted by molar-refractivity contribution is 8.00. The molecule has 0 amide bonds. The summed E-state index contributed by atoms with van der Waals surface area (Å²) >= 11 is 1.63. The molecule has 3 rings (SSSR count). The van der Waals surface area contributed by atoms with Crippen molar-refractivity contribution in [1.29, 1.82) is 0 Å². The van der Waals surface area contributed by atoms with E-state index in [0.29, 0.717) is 6.54 Å². The van der Waals surface area contributed by atoms with Gasteiger partial charge in [-0.05, 0) is 47.7 Å². The molecule has 1 heterocycles. The minimum absolute atomic E-state index is 0.708. The molecule has 0 bridgehead atoms. The van der Waals surface area contributed by atoms with Gasteiger partial charge in [0.2, 0.25) is 0 Å². The number of para-hydroxylation sites is 1. The Labute approximate surface area is 141 Å². The smallest absolute Gasteiger partial charge is 0.137 e. The van der Waals surface area contributed by atoms with Crippen molar-refractivity contribution < 1.29 is 0 Å². The second-order valence-corrected chi connectivity index (χ2v) is 6.23. The molecule has 3 aromatic rings. The van der Waals surface area contributed by atoms with Crippen LogP contribution in [0.4, 0.5) is 5.69 Å². The Morgan fingerprint density at radius 2 is 1.91 bits per heavy atom. The van der Waals surface area contributed by atoms with E-state index in [9.17, 15) is 0 Å². The first-order chi connectivity index (χ1) is 11.3. The Morgan fingerprint density at radius 1 is 1.09 bits per heavy atom. The van der Waals surface area contributed by atoms with Gasteiger partial charge in [0.25, 0.3) is 0 Å². The van der Waals surface area contributed by atoms with Crippen molar-refractivity contribution in [3.8, 4) is 0 Å². The van der Waals surface area contributed by atoms with E-state index in [1.165, 1.54) is 22.4 Å². The van der Waals surface area contributed by atoms with Crippen LogP contribution in [-0.4, -0.2) is 14.8 Å². The summed E-state index contributed by atoms with van der Waals surface area (Å²) in [4.78, 5) is 5.20. The van der Waals surface area contributed by atoms with Gasteiger partial charge in [-0.15, -0.1) is 0 Å². The van der Waals surface area contributed by atoms with Gasteiger partial charge in [0, 0.05) is 10.6 Å². The molecule has 0 spiro atoms. The molecule has 0 saturated carbocycles. The van der Waals surface area contributed by atoms with Gasteiger partial charge in [-0.2, -0.15) is 5.10 Å². The maximum atomic E-state index is 4.17. The van der Waals surface area contributed by atoms with Crippen molar-refractivity contribution in [3.63, 3.8) is 0 Å². The molecule has 1 aromatic heterocycles. The number of aryl methyl sites for hydroxylation is 1. The zero-order valence-electron chi connectivity index (χ0n) is 13.1. The van der Waals surface area contributed by atoms with Gasteiger partial charge in [-0.3, -0.25) is 0 Å². The molecular weight excluding hydrogens is 304 g/mol. The van der Waals surface area contributed by atoms with Gasteiger partial charge in [-0.1, -0.05) is 43.7 Å². The Hall–Kier alpha value is -2.27. The Balaban J connectivity index is 1.65. The standard InChI is InChI=1S/C18H20N4S/c1-2-5-15-8-10-17(11-9-15)23-21-18-7-4-3-6-16(18)12-22-14-19-13-20-22/h3-4,6-11,13-14,21H,2,5,12H2,1H3. The molecule has 0 aliphatic rings. The normalized spacial score (nSPS) is 10.7. The van der Waals surface area contributed by atoms with Crippen molar-refractivity contribution >= 4 is 17.6 Å². The van der Waals surface area contributed by atoms with Crippen molar-refractivity contribution in [3.05, 3.63) is 72.3 Å². The van der Waals surface area contributed by atoms with E-state index in [1.54, 1.807) is 24.6 Å². The Bertz CT molecular complexity index is 723. The van der Waals surface area contributed by atoms with Crippen LogP contribution in [0.25, 0.3) is 0 Å². The fourth-order valence-corrected chi connectivity index (χ4v) is 3.07. The number of aromatic nitrogens is 3. The lowest BCUT2D eigenvalue weighted by atomic mass is 10.1. The lowest BCUT2D eigenvalue weighted by Crippen LogP contribution is -2.02. The van der Waals surface area contributed by atoms with Gasteiger partial charge in [0.1, 0.15) is 12.7 Å². The molecule has 0 saturated heterocycles. The van der Waals surface area contributed by atoms with Gasteiger partial charge in [-0.25, -0.2) is 9.67 Å². The molecule has 0 unspecified atom stereocenters. The van der Waals surface area contributed by atoms with E-state index in [2.05, 4.69) is 58.1 Å². The van der Waals surface area contributed by atoms with Gasteiger partial charge in [0.15, 0.2) is 0 Å². The first-order valence-electron chi connectivity index (χ1n) is 7.77. The average Bonchev–Trinajstić information content (AvgIpc) is 3.09. The van der Waals surface area contributed by atoms with Gasteiger partial charge in [0.05, 0.1) is 6.54 Å². The van der Waals surface area contributed by atoms with Crippen LogP contribution in [0.5, 0.6) is 0 Å². The van der Waals surface area contributed by atoms with E-state index < -0.39 is 0 Å². The minimum Gasteiger partial charge on any atom is -0.325 e. The minimum atomic E-state index is 0.708. The number of rotatable bonds is 7. The van der Waals surface area contributed by atoms with Gasteiger partial charge < -0.3 is 4.72 Å². The van der Waals surface area contributed by atoms with Crippen LogP contribution >= 0.6 is 11.9 Å². The molecule has 23 heavy (non-hydrogen) atoms. The summed E-state index contributed by atoms with van der Waals surface area (Å²) in [7, 11) is 0. The summed E-state index contributed by atoms with van der Waals surface area (Å²) in [6, 6.07) is 17.0. The van der Waals surface area contributed by atoms with Crippen molar-refractivity contribution in [2.75, 3.05) is 4.72 Å². The van der Waals surface area contributed by atoms with E-state index in [1.807, 2.05) is 16.8 Å². The predicted molar refractivity (Wildman–Crippen MR) is 95.5 cm³/mol. The highest BCUT2D eigenvalue weighted by atomic mass is 32.2. The van der Waals surface area contributed by atoms with E-state index in [-0.39, 0.29) is 0 Å². The van der Waals surface area contributed by atoms with Crippen LogP contribution in [0.2, 0.25) is 0 Å². The predicted octanol–water partition coefficient (Wildman–Crippen LogP) is 4.40. The average molecular weight is 324 g/mol. The van der Waals surface area contributed by atoms with E-state index in [0.717, 1.165) is 12.1 Å². The van der Waals surface area contributed by atoms with Crippen LogP contribution in [0.15, 0.2) is 66.1 Å². The van der Waals surface area contributed by atoms with Crippen LogP contribution in [0, 0.1) is 0 Å². The summed E-state index contributed by atoms with van der Waals surface area (Å²) in [6.07, 6.45) is 5.61. The quantitative estimate of drug-likeness (QED) is 0.654. The third kappa shape index (κ3) is 4.36. The molecule has 0 aliphatic carbocycles. The van der Waals surface area contributed by atoms with Crippen LogP contribution < -0.4 is 4.72 Å². The fourth-order valence-electron chi connectivity index (χ4n) is 2.37. The molecule has 2 aromatic carbocycles. The highest BCUT2D eigenvalue weighted by Crippen LogP contribution is 2.25. The molecule has 1 N–H and O–H groups in total. The Morgan fingerprint density at radius 3 is 2.65 bits per heavy atom. The van der Waals surface area contributed by atoms with Crippen molar-refractivity contribution in [1.82, 2.24) is 14.8 Å². The molecule has 0 atom stereocenters. The topological polar surface area (TPSA) is 42.7 Å². The van der Waals surface area contributed by atoms with Crippen LogP contribution in [-0.2, 0) is 13.0 Å². The molecule has 4 nitrogen and oxygen atoms in total. The summed E-state index contributed by atoms with van der Waals surface area (Å²) in [6.45, 7) is 2.91. The summed E-state index contributed by atoms with van der Waals surface area (Å²) < 4.78 is 5.27.